The minimum absolute atomic E-state index is 0.00285. The summed E-state index contributed by atoms with van der Waals surface area (Å²) in [7, 11) is 0. The molecular formula is C25H29NO4. The van der Waals surface area contributed by atoms with E-state index in [4.69, 9.17) is 20.3 Å². The molecule has 2 saturated carbocycles. The van der Waals surface area contributed by atoms with Crippen molar-refractivity contribution in [2.75, 3.05) is 12.3 Å². The van der Waals surface area contributed by atoms with Crippen molar-refractivity contribution < 1.29 is 19.4 Å². The fraction of sp³-hybridized carbons (Fsp3) is 0.480. The molecule has 3 aliphatic rings. The first kappa shape index (κ1) is 19.3. The van der Waals surface area contributed by atoms with Crippen LogP contribution in [0.25, 0.3) is 0 Å². The lowest BCUT2D eigenvalue weighted by Crippen LogP contribution is -2.30. The number of nitrogens with two attached hydrogens (primary N) is 1. The highest BCUT2D eigenvalue weighted by atomic mass is 16.5. The highest BCUT2D eigenvalue weighted by Crippen LogP contribution is 2.50. The number of rotatable bonds is 7. The second kappa shape index (κ2) is 7.53. The summed E-state index contributed by atoms with van der Waals surface area (Å²) in [5, 5.41) is 8.92. The fourth-order valence-electron chi connectivity index (χ4n) is 5.32. The van der Waals surface area contributed by atoms with Crippen LogP contribution in [0.3, 0.4) is 0 Å². The molecule has 1 spiro atoms. The molecule has 0 aromatic heterocycles. The van der Waals surface area contributed by atoms with Crippen LogP contribution in [0.15, 0.2) is 36.4 Å². The van der Waals surface area contributed by atoms with E-state index in [2.05, 4.69) is 18.2 Å². The van der Waals surface area contributed by atoms with Gasteiger partial charge in [0.25, 0.3) is 0 Å². The number of carbonyl (C=O) groups is 1. The summed E-state index contributed by atoms with van der Waals surface area (Å²) >= 11 is 0. The van der Waals surface area contributed by atoms with Gasteiger partial charge >= 0.3 is 5.97 Å². The molecule has 30 heavy (non-hydrogen) atoms. The Hall–Kier alpha value is -2.69. The Morgan fingerprint density at radius 1 is 1.20 bits per heavy atom. The lowest BCUT2D eigenvalue weighted by molar-refractivity contribution is -0.137. The van der Waals surface area contributed by atoms with Crippen LogP contribution in [-0.2, 0) is 17.6 Å². The Morgan fingerprint density at radius 2 is 1.97 bits per heavy atom. The Morgan fingerprint density at radius 3 is 2.70 bits per heavy atom. The smallest absolute Gasteiger partial charge is 0.303 e. The van der Waals surface area contributed by atoms with Gasteiger partial charge in [0.2, 0.25) is 0 Å². The summed E-state index contributed by atoms with van der Waals surface area (Å²) in [4.78, 5) is 10.8. The van der Waals surface area contributed by atoms with Crippen molar-refractivity contribution in [3.63, 3.8) is 0 Å². The predicted molar refractivity (Wildman–Crippen MR) is 115 cm³/mol. The van der Waals surface area contributed by atoms with E-state index >= 15 is 0 Å². The van der Waals surface area contributed by atoms with Crippen molar-refractivity contribution in [3.8, 4) is 11.5 Å². The first-order valence-electron chi connectivity index (χ1n) is 11.1. The molecule has 158 valence electrons. The SMILES string of the molecule is Nc1cc(CCOc2ccc(C3CC3CC(=O)O)cc2)c2c(c1)CC1(CCCC1)O2. The molecule has 2 aromatic rings. The van der Waals surface area contributed by atoms with E-state index in [0.717, 1.165) is 54.9 Å². The topological polar surface area (TPSA) is 81.8 Å². The molecule has 1 heterocycles. The second-order valence-electron chi connectivity index (χ2n) is 9.20. The maximum absolute atomic E-state index is 10.8. The molecular weight excluding hydrogens is 378 g/mol. The normalized spacial score (nSPS) is 23.2. The molecule has 0 bridgehead atoms. The van der Waals surface area contributed by atoms with Crippen molar-refractivity contribution in [1.29, 1.82) is 0 Å². The first-order valence-corrected chi connectivity index (χ1v) is 11.1. The third kappa shape index (κ3) is 3.85. The number of ether oxygens (including phenoxy) is 2. The molecule has 2 aromatic carbocycles. The van der Waals surface area contributed by atoms with Gasteiger partial charge in [-0.1, -0.05) is 12.1 Å². The second-order valence-corrected chi connectivity index (χ2v) is 9.20. The molecule has 2 atom stereocenters. The Bertz CT molecular complexity index is 946. The molecule has 2 aliphatic carbocycles. The van der Waals surface area contributed by atoms with Crippen molar-refractivity contribution in [1.82, 2.24) is 0 Å². The molecule has 5 heteroatoms. The molecule has 2 unspecified atom stereocenters. The predicted octanol–water partition coefficient (Wildman–Crippen LogP) is 4.72. The minimum atomic E-state index is -0.710. The quantitative estimate of drug-likeness (QED) is 0.649. The summed E-state index contributed by atoms with van der Waals surface area (Å²) in [6.07, 6.45) is 7.73. The number of carboxylic acids is 1. The van der Waals surface area contributed by atoms with E-state index in [1.807, 2.05) is 18.2 Å². The van der Waals surface area contributed by atoms with Gasteiger partial charge in [-0.2, -0.15) is 0 Å². The van der Waals surface area contributed by atoms with Crippen LogP contribution < -0.4 is 15.2 Å². The van der Waals surface area contributed by atoms with Gasteiger partial charge < -0.3 is 20.3 Å². The molecule has 1 aliphatic heterocycles. The van der Waals surface area contributed by atoms with Crippen molar-refractivity contribution >= 4 is 11.7 Å². The molecule has 2 fully saturated rings. The van der Waals surface area contributed by atoms with Gasteiger partial charge in [-0.05, 0) is 79.3 Å². The maximum Gasteiger partial charge on any atom is 0.303 e. The van der Waals surface area contributed by atoms with E-state index in [9.17, 15) is 4.79 Å². The number of hydrogen-bond acceptors (Lipinski definition) is 4. The number of hydrogen-bond donors (Lipinski definition) is 2. The molecule has 0 radical (unpaired) electrons. The third-order valence-corrected chi connectivity index (χ3v) is 6.92. The van der Waals surface area contributed by atoms with E-state index in [-0.39, 0.29) is 17.9 Å². The summed E-state index contributed by atoms with van der Waals surface area (Å²) in [6, 6.07) is 12.2. The largest absolute Gasteiger partial charge is 0.493 e. The Labute approximate surface area is 177 Å². The lowest BCUT2D eigenvalue weighted by Gasteiger charge is -2.23. The molecule has 0 saturated heterocycles. The van der Waals surface area contributed by atoms with Crippen LogP contribution >= 0.6 is 0 Å². The average Bonchev–Trinajstić information content (AvgIpc) is 3.15. The molecule has 0 amide bonds. The van der Waals surface area contributed by atoms with E-state index in [1.165, 1.54) is 24.0 Å². The zero-order valence-electron chi connectivity index (χ0n) is 17.2. The van der Waals surface area contributed by atoms with Gasteiger partial charge in [-0.25, -0.2) is 0 Å². The van der Waals surface area contributed by atoms with Crippen LogP contribution in [0.5, 0.6) is 11.5 Å². The van der Waals surface area contributed by atoms with E-state index in [1.54, 1.807) is 0 Å². The number of benzene rings is 2. The number of fused-ring (bicyclic) bond motifs is 1. The number of carboxylic acid groups (broad SMARTS) is 1. The van der Waals surface area contributed by atoms with Gasteiger partial charge in [0.15, 0.2) is 0 Å². The van der Waals surface area contributed by atoms with Gasteiger partial charge in [0.1, 0.15) is 17.1 Å². The summed E-state index contributed by atoms with van der Waals surface area (Å²) in [5.41, 5.74) is 10.6. The summed E-state index contributed by atoms with van der Waals surface area (Å²) in [5.74, 6) is 1.82. The van der Waals surface area contributed by atoms with Gasteiger partial charge in [0, 0.05) is 30.5 Å². The minimum Gasteiger partial charge on any atom is -0.493 e. The molecule has 5 nitrogen and oxygen atoms in total. The van der Waals surface area contributed by atoms with E-state index in [0.29, 0.717) is 12.5 Å². The zero-order valence-corrected chi connectivity index (χ0v) is 17.2. The molecule has 3 N–H and O–H groups in total. The van der Waals surface area contributed by atoms with Gasteiger partial charge in [-0.15, -0.1) is 0 Å². The Balaban J connectivity index is 1.19. The van der Waals surface area contributed by atoms with Crippen LogP contribution in [0.2, 0.25) is 0 Å². The lowest BCUT2D eigenvalue weighted by atomic mass is 9.94. The van der Waals surface area contributed by atoms with Crippen molar-refractivity contribution in [3.05, 3.63) is 53.1 Å². The van der Waals surface area contributed by atoms with Crippen molar-refractivity contribution in [2.45, 2.75) is 62.9 Å². The third-order valence-electron chi connectivity index (χ3n) is 6.92. The summed E-state index contributed by atoms with van der Waals surface area (Å²) < 4.78 is 12.5. The Kier molecular flexibility index (Phi) is 4.84. The van der Waals surface area contributed by atoms with Crippen LogP contribution in [0.4, 0.5) is 5.69 Å². The van der Waals surface area contributed by atoms with Crippen LogP contribution in [-0.4, -0.2) is 23.3 Å². The average molecular weight is 408 g/mol. The highest BCUT2D eigenvalue weighted by Gasteiger charge is 2.42. The zero-order chi connectivity index (χ0) is 20.7. The van der Waals surface area contributed by atoms with Gasteiger partial charge in [-0.3, -0.25) is 4.79 Å². The summed E-state index contributed by atoms with van der Waals surface area (Å²) in [6.45, 7) is 0.566. The maximum atomic E-state index is 10.8. The first-order chi connectivity index (χ1) is 14.5. The van der Waals surface area contributed by atoms with Gasteiger partial charge in [0.05, 0.1) is 6.61 Å². The van der Waals surface area contributed by atoms with E-state index < -0.39 is 5.97 Å². The monoisotopic (exact) mass is 407 g/mol. The van der Waals surface area contributed by atoms with Crippen LogP contribution in [0.1, 0.15) is 61.1 Å². The van der Waals surface area contributed by atoms with Crippen molar-refractivity contribution in [2.24, 2.45) is 5.92 Å². The fourth-order valence-corrected chi connectivity index (χ4v) is 5.32. The standard InChI is InChI=1S/C25H29NO4/c26-20-11-17(24-19(12-20)15-25(30-24)8-1-2-9-25)7-10-29-21-5-3-16(4-6-21)22-13-18(22)14-23(27)28/h3-6,11-12,18,22H,1-2,7-10,13-15,26H2,(H,27,28). The molecule has 5 rings (SSSR count). The van der Waals surface area contributed by atoms with Crippen LogP contribution in [0, 0.1) is 5.92 Å². The number of aliphatic carboxylic acids is 1. The highest BCUT2D eigenvalue weighted by molar-refractivity contribution is 5.68. The number of nitrogen functional groups attached to an aromatic ring is 1. The number of anilines is 1.